The quantitative estimate of drug-likeness (QED) is 0.0311. The maximum absolute atomic E-state index is 13.0. The molecule has 0 radical (unpaired) electrons. The molecule has 1 fully saturated rings. The van der Waals surface area contributed by atoms with Gasteiger partial charge in [0.05, 0.1) is 24.6 Å². The fourth-order valence-corrected chi connectivity index (χ4v) is 13.9. The number of anilines is 5. The van der Waals surface area contributed by atoms with Gasteiger partial charge in [0.15, 0.2) is 0 Å². The molecular weight excluding hydrogens is 1290 g/mol. The Labute approximate surface area is 514 Å². The first-order valence-corrected chi connectivity index (χ1v) is 33.9. The van der Waals surface area contributed by atoms with Crippen molar-refractivity contribution in [1.82, 2.24) is 44.9 Å². The molecule has 2 atom stereocenters. The summed E-state index contributed by atoms with van der Waals surface area (Å²) in [7, 11) is -20.1. The lowest BCUT2D eigenvalue weighted by Crippen LogP contribution is -2.37. The molecule has 0 aliphatic carbocycles. The third-order valence-electron chi connectivity index (χ3n) is 14.0. The SMILES string of the molecule is O=S([O-])c1cc2nn(-c3ccc(C=Cc4ccc(Nc5nc(Nc6ccc(C=Cc7ccc(-n8nc9cc(S(=O)[O-])c%10ccccc%10c9n8)cc7S(=O)(=O)O)c(S(=O)(=O)O)c6)nc(N6CCOCC6)n5)cc4S(=O)(=O)O)c(S(=O)(=O)O)c3)nc2c2ccccc12. The number of hydrogen-bond acceptors (Lipinski definition) is 23. The molecule has 0 bridgehead atoms. The van der Waals surface area contributed by atoms with Gasteiger partial charge in [0.1, 0.15) is 41.6 Å². The van der Waals surface area contributed by atoms with Crippen LogP contribution >= 0.6 is 0 Å². The van der Waals surface area contributed by atoms with Gasteiger partial charge in [-0.25, -0.2) is 0 Å². The maximum atomic E-state index is 13.0. The van der Waals surface area contributed by atoms with Crippen molar-refractivity contribution in [2.45, 2.75) is 29.4 Å². The van der Waals surface area contributed by atoms with Gasteiger partial charge in [-0.2, -0.15) is 58.2 Å². The Hall–Kier alpha value is -9.21. The third-order valence-corrected chi connectivity index (χ3v) is 19.0. The second kappa shape index (κ2) is 23.6. The minimum Gasteiger partial charge on any atom is -0.768 e. The molecule has 8 aromatic carbocycles. The summed E-state index contributed by atoms with van der Waals surface area (Å²) in [5.74, 6) is -0.357. The van der Waals surface area contributed by atoms with Crippen LogP contribution in [-0.2, 0) is 67.4 Å². The van der Waals surface area contributed by atoms with Crippen LogP contribution in [0.5, 0.6) is 0 Å². The van der Waals surface area contributed by atoms with E-state index in [0.29, 0.717) is 45.7 Å². The lowest BCUT2D eigenvalue weighted by atomic mass is 10.1. The van der Waals surface area contributed by atoms with Gasteiger partial charge in [0.2, 0.25) is 17.8 Å². The number of benzene rings is 8. The van der Waals surface area contributed by atoms with Crippen molar-refractivity contribution in [3.63, 3.8) is 0 Å². The predicted molar refractivity (Wildman–Crippen MR) is 327 cm³/mol. The van der Waals surface area contributed by atoms with Crippen molar-refractivity contribution in [2.24, 2.45) is 0 Å². The number of ether oxygens (including phenoxy) is 1. The van der Waals surface area contributed by atoms with E-state index in [0.717, 1.165) is 46.0 Å². The number of hydrogen-bond donors (Lipinski definition) is 6. The molecule has 4 heterocycles. The van der Waals surface area contributed by atoms with Gasteiger partial charge >= 0.3 is 0 Å². The highest BCUT2D eigenvalue weighted by molar-refractivity contribution is 7.86. The summed E-state index contributed by atoms with van der Waals surface area (Å²) in [4.78, 5) is 14.5. The summed E-state index contributed by atoms with van der Waals surface area (Å²) in [6, 6.07) is 30.5. The number of rotatable bonds is 17. The number of fused-ring (bicyclic) bond motifs is 6. The molecule has 0 spiro atoms. The van der Waals surface area contributed by atoms with Crippen molar-refractivity contribution in [3.05, 3.63) is 156 Å². The highest BCUT2D eigenvalue weighted by atomic mass is 32.2. The zero-order chi connectivity index (χ0) is 63.6. The van der Waals surface area contributed by atoms with E-state index in [1.165, 1.54) is 72.8 Å². The summed E-state index contributed by atoms with van der Waals surface area (Å²) in [5, 5.41) is 25.1. The zero-order valence-electron chi connectivity index (χ0n) is 45.4. The Morgan fingerprint density at radius 2 is 0.811 bits per heavy atom. The summed E-state index contributed by atoms with van der Waals surface area (Å²) < 4.78 is 199. The smallest absolute Gasteiger partial charge is 0.295 e. The van der Waals surface area contributed by atoms with Gasteiger partial charge in [-0.05, 0) is 116 Å². The Morgan fingerprint density at radius 1 is 0.456 bits per heavy atom. The van der Waals surface area contributed by atoms with Crippen LogP contribution in [0.3, 0.4) is 0 Å². The van der Waals surface area contributed by atoms with Crippen molar-refractivity contribution < 1.29 is 74.1 Å². The third kappa shape index (κ3) is 12.6. The maximum Gasteiger partial charge on any atom is 0.295 e. The van der Waals surface area contributed by atoms with Crippen LogP contribution in [0.15, 0.2) is 163 Å². The molecule has 35 heteroatoms. The lowest BCUT2D eigenvalue weighted by molar-refractivity contribution is 0.122. The second-order valence-electron chi connectivity index (χ2n) is 19.7. The predicted octanol–water partition coefficient (Wildman–Crippen LogP) is 6.77. The van der Waals surface area contributed by atoms with E-state index in [2.05, 4.69) is 46.0 Å². The van der Waals surface area contributed by atoms with E-state index < -0.39 is 82.2 Å². The molecule has 90 heavy (non-hydrogen) atoms. The highest BCUT2D eigenvalue weighted by Crippen LogP contribution is 2.34. The van der Waals surface area contributed by atoms with Gasteiger partial charge in [0, 0.05) is 45.0 Å². The first kappa shape index (κ1) is 61.0. The molecule has 1 aliphatic heterocycles. The second-order valence-corrected chi connectivity index (χ2v) is 27.1. The molecule has 1 aliphatic rings. The monoisotopic (exact) mass is 1330 g/mol. The minimum atomic E-state index is -5.06. The topological polar surface area (TPSA) is 434 Å². The Morgan fingerprint density at radius 3 is 1.18 bits per heavy atom. The van der Waals surface area contributed by atoms with Crippen LogP contribution in [0, 0.1) is 0 Å². The van der Waals surface area contributed by atoms with Crippen molar-refractivity contribution in [3.8, 4) is 11.4 Å². The minimum absolute atomic E-state index is 0.0136. The Bertz CT molecular complexity index is 5090. The zero-order valence-corrected chi connectivity index (χ0v) is 50.3. The van der Waals surface area contributed by atoms with E-state index in [4.69, 9.17) is 4.74 Å². The number of aromatic nitrogens is 9. The van der Waals surface area contributed by atoms with Gasteiger partial charge < -0.3 is 29.4 Å². The van der Waals surface area contributed by atoms with Gasteiger partial charge in [-0.15, -0.1) is 20.4 Å². The van der Waals surface area contributed by atoms with E-state index in [1.807, 2.05) is 0 Å². The summed E-state index contributed by atoms with van der Waals surface area (Å²) in [6.45, 7) is 1.17. The van der Waals surface area contributed by atoms with Crippen LogP contribution in [0.25, 0.3) is 79.3 Å². The van der Waals surface area contributed by atoms with Crippen LogP contribution in [0.1, 0.15) is 22.3 Å². The highest BCUT2D eigenvalue weighted by Gasteiger charge is 2.24. The Kier molecular flexibility index (Phi) is 16.0. The molecule has 0 amide bonds. The molecule has 1 saturated heterocycles. The molecule has 3 aromatic heterocycles. The van der Waals surface area contributed by atoms with Crippen molar-refractivity contribution in [2.75, 3.05) is 41.8 Å². The number of nitrogens with one attached hydrogen (secondary N) is 2. The van der Waals surface area contributed by atoms with Crippen LogP contribution in [-0.4, -0.2) is 141 Å². The van der Waals surface area contributed by atoms with Crippen LogP contribution in [0.4, 0.5) is 29.2 Å². The normalized spacial score (nSPS) is 14.4. The van der Waals surface area contributed by atoms with E-state index >= 15 is 0 Å². The number of morpholine rings is 1. The van der Waals surface area contributed by atoms with Gasteiger partial charge in [0.25, 0.3) is 40.5 Å². The molecule has 460 valence electrons. The van der Waals surface area contributed by atoms with Crippen molar-refractivity contribution >= 4 is 160 Å². The molecule has 0 saturated carbocycles. The molecule has 12 rings (SSSR count). The van der Waals surface area contributed by atoms with Crippen LogP contribution in [0.2, 0.25) is 0 Å². The average molecular weight is 1330 g/mol. The standard InChI is InChI=1S/C55H42N12O17S6/c68-85(69)45-29-43-51(41-7-3-1-5-39(41)45)63-66(61-43)37-19-15-33(49(27-37)89(78,79)80)11-9-31-13-17-35(25-47(31)87(72,73)74)56-53-58-54(60-55(59-53)65-21-23-84-24-22-65)57-36-18-14-32(48(26-36)88(75,76)77)10-12-34-16-20-38(28-50(34)90(81,82)83)67-62-44-30-46(86(70)71)40-6-2-4-8-42(40)52(44)64-67/h1-20,25-30H,21-24H2,(H,68,69)(H,70,71)(H,72,73,74)(H,75,76,77)(H,78,79,80)(H,81,82,83)(H2,56,57,58,59,60)/p-2. The largest absolute Gasteiger partial charge is 0.768 e. The summed E-state index contributed by atoms with van der Waals surface area (Å²) >= 11 is -5.28. The fourth-order valence-electron chi connectivity index (χ4n) is 9.90. The number of nitrogens with zero attached hydrogens (tertiary/aromatic N) is 10. The molecule has 2 unspecified atom stereocenters. The van der Waals surface area contributed by atoms with E-state index in [1.54, 1.807) is 53.4 Å². The molecule has 6 N–H and O–H groups in total. The summed E-state index contributed by atoms with van der Waals surface area (Å²) in [6.07, 6.45) is 4.66. The molecular formula is C55H40N12O17S6-2. The van der Waals surface area contributed by atoms with E-state index in [-0.39, 0.29) is 96.9 Å². The Balaban J connectivity index is 0.824. The molecule has 11 aromatic rings. The molecule has 29 nitrogen and oxygen atoms in total. The van der Waals surface area contributed by atoms with E-state index in [9.17, 15) is 69.4 Å². The first-order valence-electron chi connectivity index (χ1n) is 26.0. The average Bonchev–Trinajstić information content (AvgIpc) is 1.66. The van der Waals surface area contributed by atoms with Crippen LogP contribution < -0.4 is 15.5 Å². The van der Waals surface area contributed by atoms with Crippen molar-refractivity contribution in [1.29, 1.82) is 0 Å². The first-order chi connectivity index (χ1) is 42.7. The van der Waals surface area contributed by atoms with Gasteiger partial charge in [-0.1, -0.05) is 97.1 Å². The van der Waals surface area contributed by atoms with Gasteiger partial charge in [-0.3, -0.25) is 26.6 Å². The summed E-state index contributed by atoms with van der Waals surface area (Å²) in [5.41, 5.74) is 0.374. The lowest BCUT2D eigenvalue weighted by Gasteiger charge is -2.27. The fraction of sp³-hybridized carbons (Fsp3) is 0.0727.